The van der Waals surface area contributed by atoms with Crippen LogP contribution in [-0.2, 0) is 17.8 Å². The van der Waals surface area contributed by atoms with E-state index < -0.39 is 0 Å². The number of hydrogen-bond acceptors (Lipinski definition) is 6. The number of pyridine rings is 1. The van der Waals surface area contributed by atoms with Gasteiger partial charge in [0.05, 0.1) is 26.8 Å². The van der Waals surface area contributed by atoms with Crippen LogP contribution < -0.4 is 19.1 Å². The predicted molar refractivity (Wildman–Crippen MR) is 141 cm³/mol. The summed E-state index contributed by atoms with van der Waals surface area (Å²) in [5.74, 6) is 1.99. The molecule has 0 aliphatic carbocycles. The fourth-order valence-corrected chi connectivity index (χ4v) is 4.12. The number of anilines is 1. The highest BCUT2D eigenvalue weighted by Crippen LogP contribution is 2.44. The molecule has 0 radical (unpaired) electrons. The largest absolute Gasteiger partial charge is 0.493 e. The van der Waals surface area contributed by atoms with Crippen molar-refractivity contribution < 1.29 is 23.4 Å². The number of halogens is 1. The number of allylic oxidation sites excluding steroid dienone is 1. The van der Waals surface area contributed by atoms with Crippen LogP contribution in [-0.4, -0.2) is 57.8 Å². The Kier molecular flexibility index (Phi) is 9.11. The van der Waals surface area contributed by atoms with E-state index in [2.05, 4.69) is 6.58 Å². The summed E-state index contributed by atoms with van der Waals surface area (Å²) in [5, 5.41) is 0.757. The van der Waals surface area contributed by atoms with E-state index in [1.165, 1.54) is 12.1 Å². The molecule has 0 saturated heterocycles. The van der Waals surface area contributed by atoms with Crippen LogP contribution in [0.5, 0.6) is 17.2 Å². The standard InChI is InChI=1S/C28H34FN3O4/c1-7-8-9-25(33)32(15-14-19-10-12-21(29)13-11-19)18-20-16-22-23(30-28(20)31(2)3)17-24(34-4)27(36-6)26(22)35-5/h7,10-13,16-17H,1,8-9,14-15,18H2,2-6H3. The maximum absolute atomic E-state index is 13.3. The quantitative estimate of drug-likeness (QED) is 0.330. The Balaban J connectivity index is 2.04. The van der Waals surface area contributed by atoms with Crippen molar-refractivity contribution in [2.45, 2.75) is 25.8 Å². The average Bonchev–Trinajstić information content (AvgIpc) is 2.88. The van der Waals surface area contributed by atoms with Gasteiger partial charge in [-0.25, -0.2) is 9.37 Å². The number of fused-ring (bicyclic) bond motifs is 1. The number of hydrogen-bond donors (Lipinski definition) is 0. The van der Waals surface area contributed by atoms with Gasteiger partial charge in [-0.05, 0) is 36.6 Å². The average molecular weight is 496 g/mol. The van der Waals surface area contributed by atoms with Gasteiger partial charge in [-0.3, -0.25) is 4.79 Å². The van der Waals surface area contributed by atoms with Crippen LogP contribution in [0.25, 0.3) is 10.9 Å². The SMILES string of the molecule is C=CCCC(=O)N(CCc1ccc(F)cc1)Cc1cc2c(OC)c(OC)c(OC)cc2nc1N(C)C. The molecular weight excluding hydrogens is 461 g/mol. The molecule has 0 spiro atoms. The molecule has 0 fully saturated rings. The first-order chi connectivity index (χ1) is 17.3. The summed E-state index contributed by atoms with van der Waals surface area (Å²) in [6.45, 7) is 4.57. The van der Waals surface area contributed by atoms with Crippen molar-refractivity contribution in [2.24, 2.45) is 0 Å². The van der Waals surface area contributed by atoms with Gasteiger partial charge < -0.3 is 24.0 Å². The first kappa shape index (κ1) is 26.8. The second kappa shape index (κ2) is 12.2. The Morgan fingerprint density at radius 2 is 1.75 bits per heavy atom. The topological polar surface area (TPSA) is 64.1 Å². The Morgan fingerprint density at radius 3 is 2.33 bits per heavy atom. The monoisotopic (exact) mass is 495 g/mol. The van der Waals surface area contributed by atoms with E-state index in [1.807, 2.05) is 36.0 Å². The maximum Gasteiger partial charge on any atom is 0.223 e. The third-order valence-electron chi connectivity index (χ3n) is 5.96. The molecule has 0 bridgehead atoms. The third kappa shape index (κ3) is 6.05. The van der Waals surface area contributed by atoms with Gasteiger partial charge in [-0.2, -0.15) is 0 Å². The smallest absolute Gasteiger partial charge is 0.223 e. The summed E-state index contributed by atoms with van der Waals surface area (Å²) < 4.78 is 30.1. The van der Waals surface area contributed by atoms with Gasteiger partial charge in [0.1, 0.15) is 11.6 Å². The number of carbonyl (C=O) groups excluding carboxylic acids is 1. The van der Waals surface area contributed by atoms with Crippen molar-refractivity contribution in [3.05, 3.63) is 66.0 Å². The molecular formula is C28H34FN3O4. The summed E-state index contributed by atoms with van der Waals surface area (Å²) in [4.78, 5) is 21.8. The molecule has 0 atom stereocenters. The van der Waals surface area contributed by atoms with Crippen LogP contribution in [0.4, 0.5) is 10.2 Å². The number of benzene rings is 2. The van der Waals surface area contributed by atoms with Gasteiger partial charge in [-0.15, -0.1) is 6.58 Å². The van der Waals surface area contributed by atoms with Gasteiger partial charge >= 0.3 is 0 Å². The van der Waals surface area contributed by atoms with Crippen LogP contribution in [0, 0.1) is 5.82 Å². The van der Waals surface area contributed by atoms with Gasteiger partial charge in [0, 0.05) is 50.6 Å². The van der Waals surface area contributed by atoms with Gasteiger partial charge in [-0.1, -0.05) is 18.2 Å². The van der Waals surface area contributed by atoms with Gasteiger partial charge in [0.25, 0.3) is 0 Å². The fraction of sp³-hybridized carbons (Fsp3) is 0.357. The molecule has 8 heteroatoms. The normalized spacial score (nSPS) is 10.7. The number of rotatable bonds is 12. The van der Waals surface area contributed by atoms with E-state index in [9.17, 15) is 9.18 Å². The van der Waals surface area contributed by atoms with Crippen LogP contribution in [0.1, 0.15) is 24.0 Å². The van der Waals surface area contributed by atoms with Crippen molar-refractivity contribution in [1.82, 2.24) is 9.88 Å². The van der Waals surface area contributed by atoms with Crippen LogP contribution >= 0.6 is 0 Å². The molecule has 0 aliphatic heterocycles. The number of aromatic nitrogens is 1. The Hall–Kier alpha value is -3.81. The number of carbonyl (C=O) groups is 1. The van der Waals surface area contributed by atoms with E-state index >= 15 is 0 Å². The highest BCUT2D eigenvalue weighted by molar-refractivity contribution is 5.92. The molecule has 1 heterocycles. The lowest BCUT2D eigenvalue weighted by Gasteiger charge is -2.26. The molecule has 7 nitrogen and oxygen atoms in total. The van der Waals surface area contributed by atoms with E-state index in [-0.39, 0.29) is 11.7 Å². The van der Waals surface area contributed by atoms with E-state index in [0.717, 1.165) is 22.3 Å². The molecule has 3 rings (SSSR count). The number of amides is 1. The Bertz CT molecular complexity index is 1210. The van der Waals surface area contributed by atoms with E-state index in [1.54, 1.807) is 39.5 Å². The molecule has 1 aromatic heterocycles. The molecule has 0 saturated carbocycles. The summed E-state index contributed by atoms with van der Waals surface area (Å²) in [6, 6.07) is 10.2. The first-order valence-corrected chi connectivity index (χ1v) is 11.8. The second-order valence-electron chi connectivity index (χ2n) is 8.60. The summed E-state index contributed by atoms with van der Waals surface area (Å²) in [7, 11) is 8.53. The minimum Gasteiger partial charge on any atom is -0.493 e. The van der Waals surface area contributed by atoms with Crippen LogP contribution in [0.3, 0.4) is 0 Å². The summed E-state index contributed by atoms with van der Waals surface area (Å²) >= 11 is 0. The molecule has 3 aromatic rings. The lowest BCUT2D eigenvalue weighted by Crippen LogP contribution is -2.33. The van der Waals surface area contributed by atoms with Gasteiger partial charge in [0.2, 0.25) is 11.7 Å². The van der Waals surface area contributed by atoms with E-state index in [0.29, 0.717) is 55.1 Å². The number of methoxy groups -OCH3 is 3. The molecule has 2 aromatic carbocycles. The Labute approximate surface area is 212 Å². The zero-order chi connectivity index (χ0) is 26.2. The van der Waals surface area contributed by atoms with E-state index in [4.69, 9.17) is 19.2 Å². The Morgan fingerprint density at radius 1 is 1.06 bits per heavy atom. The minimum atomic E-state index is -0.281. The summed E-state index contributed by atoms with van der Waals surface area (Å²) in [5.41, 5.74) is 2.51. The molecule has 0 unspecified atom stereocenters. The lowest BCUT2D eigenvalue weighted by molar-refractivity contribution is -0.131. The first-order valence-electron chi connectivity index (χ1n) is 11.8. The lowest BCUT2D eigenvalue weighted by atomic mass is 10.1. The molecule has 192 valence electrons. The molecule has 1 amide bonds. The zero-order valence-electron chi connectivity index (χ0n) is 21.6. The van der Waals surface area contributed by atoms with Crippen molar-refractivity contribution >= 4 is 22.6 Å². The van der Waals surface area contributed by atoms with Crippen molar-refractivity contribution in [3.8, 4) is 17.2 Å². The zero-order valence-corrected chi connectivity index (χ0v) is 21.6. The van der Waals surface area contributed by atoms with Crippen molar-refractivity contribution in [1.29, 1.82) is 0 Å². The number of ether oxygens (including phenoxy) is 3. The predicted octanol–water partition coefficient (Wildman–Crippen LogP) is 5.00. The maximum atomic E-state index is 13.3. The third-order valence-corrected chi connectivity index (χ3v) is 5.96. The van der Waals surface area contributed by atoms with Crippen molar-refractivity contribution in [3.63, 3.8) is 0 Å². The van der Waals surface area contributed by atoms with Gasteiger partial charge in [0.15, 0.2) is 11.5 Å². The molecule has 0 aliphatic rings. The second-order valence-corrected chi connectivity index (χ2v) is 8.60. The van der Waals surface area contributed by atoms with Crippen molar-refractivity contribution in [2.75, 3.05) is 46.9 Å². The highest BCUT2D eigenvalue weighted by Gasteiger charge is 2.22. The molecule has 0 N–H and O–H groups in total. The fourth-order valence-electron chi connectivity index (χ4n) is 4.12. The highest BCUT2D eigenvalue weighted by atomic mass is 19.1. The van der Waals surface area contributed by atoms with Crippen LogP contribution in [0.2, 0.25) is 0 Å². The summed E-state index contributed by atoms with van der Waals surface area (Å²) in [6.07, 6.45) is 3.29. The number of nitrogens with zero attached hydrogens (tertiary/aromatic N) is 3. The minimum absolute atomic E-state index is 0.0149. The molecule has 36 heavy (non-hydrogen) atoms. The van der Waals surface area contributed by atoms with Crippen LogP contribution in [0.15, 0.2) is 49.1 Å².